The van der Waals surface area contributed by atoms with Crippen molar-refractivity contribution in [3.8, 4) is 5.75 Å². The highest BCUT2D eigenvalue weighted by molar-refractivity contribution is 6.36. The van der Waals surface area contributed by atoms with Crippen LogP contribution in [0.15, 0.2) is 42.5 Å². The van der Waals surface area contributed by atoms with E-state index in [4.69, 9.17) is 32.7 Å². The smallest absolute Gasteiger partial charge is 0.325 e. The van der Waals surface area contributed by atoms with E-state index in [1.54, 1.807) is 24.3 Å². The summed E-state index contributed by atoms with van der Waals surface area (Å²) in [5.41, 5.74) is 0.579. The van der Waals surface area contributed by atoms with E-state index in [0.29, 0.717) is 16.5 Å². The summed E-state index contributed by atoms with van der Waals surface area (Å²) in [6.45, 7) is -1.41. The van der Waals surface area contributed by atoms with Crippen LogP contribution in [0.1, 0.15) is 10.4 Å². The molecule has 0 aliphatic rings. The summed E-state index contributed by atoms with van der Waals surface area (Å²) in [4.78, 5) is 47.4. The number of halogens is 2. The molecule has 0 saturated heterocycles. The average Bonchev–Trinajstić information content (AvgIpc) is 2.75. The van der Waals surface area contributed by atoms with E-state index in [1.807, 2.05) is 0 Å². The summed E-state index contributed by atoms with van der Waals surface area (Å²) in [5, 5.41) is 7.69. The number of benzene rings is 2. The second kappa shape index (κ2) is 11.8. The summed E-state index contributed by atoms with van der Waals surface area (Å²) in [7, 11) is 1.46. The van der Waals surface area contributed by atoms with Crippen LogP contribution < -0.4 is 20.7 Å². The second-order valence-corrected chi connectivity index (χ2v) is 6.84. The van der Waals surface area contributed by atoms with Crippen molar-refractivity contribution < 1.29 is 28.7 Å². The molecule has 3 N–H and O–H groups in total. The van der Waals surface area contributed by atoms with Crippen LogP contribution in [-0.2, 0) is 19.1 Å². The van der Waals surface area contributed by atoms with E-state index in [1.165, 1.54) is 25.3 Å². The molecule has 164 valence electrons. The molecule has 0 spiro atoms. The minimum absolute atomic E-state index is 0.139. The molecule has 2 aromatic rings. The Balaban J connectivity index is 1.69. The van der Waals surface area contributed by atoms with Gasteiger partial charge in [-0.3, -0.25) is 19.2 Å². The number of anilines is 1. The lowest BCUT2D eigenvalue weighted by Crippen LogP contribution is -2.39. The average molecular weight is 468 g/mol. The summed E-state index contributed by atoms with van der Waals surface area (Å²) in [6, 6.07) is 11.1. The van der Waals surface area contributed by atoms with Gasteiger partial charge in [-0.05, 0) is 30.3 Å². The van der Waals surface area contributed by atoms with Gasteiger partial charge >= 0.3 is 5.97 Å². The van der Waals surface area contributed by atoms with Crippen LogP contribution in [0.5, 0.6) is 5.75 Å². The number of carbonyl (C=O) groups is 4. The maximum Gasteiger partial charge on any atom is 0.325 e. The number of hydrogen-bond donors (Lipinski definition) is 3. The maximum atomic E-state index is 12.0. The van der Waals surface area contributed by atoms with Crippen molar-refractivity contribution >= 4 is 52.6 Å². The summed E-state index contributed by atoms with van der Waals surface area (Å²) < 4.78 is 9.90. The zero-order valence-corrected chi connectivity index (χ0v) is 17.9. The van der Waals surface area contributed by atoms with E-state index in [0.717, 1.165) is 0 Å². The molecule has 2 rings (SSSR count). The summed E-state index contributed by atoms with van der Waals surface area (Å²) in [5.74, 6) is -2.15. The third-order valence-corrected chi connectivity index (χ3v) is 4.31. The largest absolute Gasteiger partial charge is 0.495 e. The van der Waals surface area contributed by atoms with Gasteiger partial charge in [0.25, 0.3) is 11.8 Å². The van der Waals surface area contributed by atoms with Crippen molar-refractivity contribution in [2.24, 2.45) is 0 Å². The van der Waals surface area contributed by atoms with Gasteiger partial charge in [0.1, 0.15) is 12.3 Å². The molecule has 0 atom stereocenters. The maximum absolute atomic E-state index is 12.0. The predicted molar refractivity (Wildman–Crippen MR) is 114 cm³/mol. The van der Waals surface area contributed by atoms with Gasteiger partial charge in [-0.1, -0.05) is 35.3 Å². The van der Waals surface area contributed by atoms with Crippen LogP contribution >= 0.6 is 23.2 Å². The Bertz CT molecular complexity index is 983. The van der Waals surface area contributed by atoms with Gasteiger partial charge in [-0.2, -0.15) is 0 Å². The number of carbonyl (C=O) groups excluding carboxylic acids is 4. The van der Waals surface area contributed by atoms with Gasteiger partial charge in [-0.25, -0.2) is 0 Å². The van der Waals surface area contributed by atoms with Crippen molar-refractivity contribution in [2.75, 3.05) is 32.1 Å². The highest BCUT2D eigenvalue weighted by atomic mass is 35.5. The van der Waals surface area contributed by atoms with Crippen molar-refractivity contribution in [1.82, 2.24) is 10.6 Å². The highest BCUT2D eigenvalue weighted by Gasteiger charge is 2.14. The molecule has 0 fully saturated rings. The molecule has 0 radical (unpaired) electrons. The van der Waals surface area contributed by atoms with Crippen molar-refractivity contribution in [1.29, 1.82) is 0 Å². The lowest BCUT2D eigenvalue weighted by atomic mass is 10.2. The molecule has 0 bridgehead atoms. The zero-order chi connectivity index (χ0) is 22.8. The summed E-state index contributed by atoms with van der Waals surface area (Å²) >= 11 is 11.7. The molecule has 31 heavy (non-hydrogen) atoms. The van der Waals surface area contributed by atoms with Gasteiger partial charge in [0.15, 0.2) is 6.61 Å². The predicted octanol–water partition coefficient (Wildman–Crippen LogP) is 2.03. The fourth-order valence-corrected chi connectivity index (χ4v) is 2.79. The molecule has 0 saturated carbocycles. The van der Waals surface area contributed by atoms with E-state index in [2.05, 4.69) is 16.0 Å². The topological polar surface area (TPSA) is 123 Å². The molecule has 0 aromatic heterocycles. The zero-order valence-electron chi connectivity index (χ0n) is 16.4. The van der Waals surface area contributed by atoms with E-state index >= 15 is 0 Å². The first-order valence-electron chi connectivity index (χ1n) is 8.88. The number of para-hydroxylation sites is 2. The number of rotatable bonds is 9. The first-order chi connectivity index (χ1) is 14.8. The van der Waals surface area contributed by atoms with Crippen LogP contribution in [0.2, 0.25) is 10.0 Å². The summed E-state index contributed by atoms with van der Waals surface area (Å²) in [6.07, 6.45) is 0. The molecule has 11 heteroatoms. The highest BCUT2D eigenvalue weighted by Crippen LogP contribution is 2.23. The monoisotopic (exact) mass is 467 g/mol. The third-order valence-electron chi connectivity index (χ3n) is 3.76. The minimum atomic E-state index is -0.824. The van der Waals surface area contributed by atoms with E-state index in [-0.39, 0.29) is 17.1 Å². The Labute approximate surface area is 188 Å². The lowest BCUT2D eigenvalue weighted by Gasteiger charge is -2.10. The van der Waals surface area contributed by atoms with Gasteiger partial charge in [-0.15, -0.1) is 0 Å². The first kappa shape index (κ1) is 24.0. The van der Waals surface area contributed by atoms with E-state index < -0.39 is 36.8 Å². The molecule has 3 amide bonds. The van der Waals surface area contributed by atoms with Gasteiger partial charge in [0.2, 0.25) is 5.91 Å². The minimum Gasteiger partial charge on any atom is -0.495 e. The van der Waals surface area contributed by atoms with Crippen molar-refractivity contribution in [3.63, 3.8) is 0 Å². The van der Waals surface area contributed by atoms with Gasteiger partial charge in [0, 0.05) is 5.02 Å². The number of hydrogen-bond acceptors (Lipinski definition) is 6. The SMILES string of the molecule is COc1ccccc1NC(=O)COC(=O)CNC(=O)CNC(=O)c1ccc(Cl)cc1Cl. The number of nitrogens with one attached hydrogen (secondary N) is 3. The number of esters is 1. The quantitative estimate of drug-likeness (QED) is 0.484. The fraction of sp³-hybridized carbons (Fsp3) is 0.200. The standard InChI is InChI=1S/C20H19Cl2N3O6/c1-30-16-5-3-2-4-15(16)25-18(27)11-31-19(28)10-23-17(26)9-24-20(29)13-7-6-12(21)8-14(13)22/h2-8H,9-11H2,1H3,(H,23,26)(H,24,29)(H,25,27). The Morgan fingerprint density at radius 2 is 1.68 bits per heavy atom. The van der Waals surface area contributed by atoms with Crippen LogP contribution in [0.4, 0.5) is 5.69 Å². The Morgan fingerprint density at radius 3 is 2.39 bits per heavy atom. The third kappa shape index (κ3) is 7.80. The molecule has 0 aliphatic heterocycles. The lowest BCUT2D eigenvalue weighted by molar-refractivity contribution is -0.147. The van der Waals surface area contributed by atoms with Gasteiger partial charge in [0.05, 0.1) is 29.9 Å². The molecule has 0 heterocycles. The van der Waals surface area contributed by atoms with Crippen molar-refractivity contribution in [3.05, 3.63) is 58.1 Å². The van der Waals surface area contributed by atoms with Crippen molar-refractivity contribution in [2.45, 2.75) is 0 Å². The molecule has 9 nitrogen and oxygen atoms in total. The van der Waals surface area contributed by atoms with Crippen LogP contribution in [-0.4, -0.2) is 50.5 Å². The molecular formula is C20H19Cl2N3O6. The molecule has 0 unspecified atom stereocenters. The normalized spacial score (nSPS) is 10.0. The van der Waals surface area contributed by atoms with Crippen LogP contribution in [0, 0.1) is 0 Å². The number of ether oxygens (including phenoxy) is 2. The molecular weight excluding hydrogens is 449 g/mol. The second-order valence-electron chi connectivity index (χ2n) is 5.99. The Morgan fingerprint density at radius 1 is 0.935 bits per heavy atom. The number of amides is 3. The van der Waals surface area contributed by atoms with Crippen LogP contribution in [0.3, 0.4) is 0 Å². The first-order valence-corrected chi connectivity index (χ1v) is 9.64. The molecule has 2 aromatic carbocycles. The fourth-order valence-electron chi connectivity index (χ4n) is 2.29. The van der Waals surface area contributed by atoms with Gasteiger partial charge < -0.3 is 25.4 Å². The Kier molecular flexibility index (Phi) is 9.11. The Hall–Kier alpha value is -3.30. The molecule has 0 aliphatic carbocycles. The van der Waals surface area contributed by atoms with E-state index in [9.17, 15) is 19.2 Å². The number of methoxy groups -OCH3 is 1. The van der Waals surface area contributed by atoms with Crippen LogP contribution in [0.25, 0.3) is 0 Å².